The lowest BCUT2D eigenvalue weighted by Gasteiger charge is -2.39. The van der Waals surface area contributed by atoms with Gasteiger partial charge in [-0.3, -0.25) is 4.90 Å². The zero-order chi connectivity index (χ0) is 14.7. The molecule has 1 unspecified atom stereocenters. The molecule has 1 saturated heterocycles. The average Bonchev–Trinajstić information content (AvgIpc) is 2.43. The monoisotopic (exact) mass is 352 g/mol. The smallest absolute Gasteiger partial charge is 0.0594 e. The van der Waals surface area contributed by atoms with E-state index in [2.05, 4.69) is 57.3 Å². The molecule has 3 rings (SSSR count). The van der Waals surface area contributed by atoms with Gasteiger partial charge in [0.15, 0.2) is 0 Å². The molecule has 1 saturated carbocycles. The van der Waals surface area contributed by atoms with Gasteiger partial charge in [-0.2, -0.15) is 0 Å². The van der Waals surface area contributed by atoms with Crippen molar-refractivity contribution in [3.8, 4) is 0 Å². The molecule has 1 N–H and O–H groups in total. The Morgan fingerprint density at radius 3 is 2.81 bits per heavy atom. The van der Waals surface area contributed by atoms with Crippen LogP contribution in [0.25, 0.3) is 0 Å². The van der Waals surface area contributed by atoms with Crippen LogP contribution < -0.4 is 5.32 Å². The van der Waals surface area contributed by atoms with E-state index in [1.165, 1.54) is 22.9 Å². The van der Waals surface area contributed by atoms with Crippen molar-refractivity contribution in [2.24, 2.45) is 0 Å². The molecule has 0 aromatic heterocycles. The lowest BCUT2D eigenvalue weighted by atomic mass is 9.75. The average molecular weight is 353 g/mol. The number of benzene rings is 1. The Morgan fingerprint density at radius 1 is 1.33 bits per heavy atom. The third-order valence-electron chi connectivity index (χ3n) is 4.61. The third-order valence-corrected chi connectivity index (χ3v) is 5.11. The van der Waals surface area contributed by atoms with Gasteiger partial charge in [-0.05, 0) is 43.4 Å². The van der Waals surface area contributed by atoms with Crippen LogP contribution in [0.3, 0.4) is 0 Å². The van der Waals surface area contributed by atoms with E-state index in [1.807, 2.05) is 0 Å². The second-order valence-electron chi connectivity index (χ2n) is 6.40. The molecule has 116 valence electrons. The molecule has 1 atom stereocenters. The fourth-order valence-electron chi connectivity index (χ4n) is 3.41. The number of halogens is 1. The second kappa shape index (κ2) is 7.23. The highest BCUT2D eigenvalue weighted by atomic mass is 79.9. The summed E-state index contributed by atoms with van der Waals surface area (Å²) in [5.74, 6) is 0.732. The molecule has 21 heavy (non-hydrogen) atoms. The van der Waals surface area contributed by atoms with E-state index in [0.717, 1.165) is 38.8 Å². The van der Waals surface area contributed by atoms with Gasteiger partial charge in [-0.15, -0.1) is 0 Å². The Kier molecular flexibility index (Phi) is 5.33. The molecule has 1 aliphatic heterocycles. The number of hydrogen-bond donors (Lipinski definition) is 1. The standard InChI is InChI=1S/C17H25BrN2O/c1-13(12-20-5-7-21-8-6-20)19-17-10-15(11-17)14-3-2-4-16(18)9-14/h2-4,9,13,15,17,19H,5-8,10-12H2,1H3. The summed E-state index contributed by atoms with van der Waals surface area (Å²) in [4.78, 5) is 2.51. The fraction of sp³-hybridized carbons (Fsp3) is 0.647. The Hall–Kier alpha value is -0.420. The summed E-state index contributed by atoms with van der Waals surface area (Å²) >= 11 is 3.56. The molecule has 4 heteroatoms. The first-order valence-electron chi connectivity index (χ1n) is 8.02. The summed E-state index contributed by atoms with van der Waals surface area (Å²) in [5.41, 5.74) is 1.48. The van der Waals surface area contributed by atoms with Crippen molar-refractivity contribution in [1.82, 2.24) is 10.2 Å². The highest BCUT2D eigenvalue weighted by Crippen LogP contribution is 2.37. The van der Waals surface area contributed by atoms with E-state index in [1.54, 1.807) is 0 Å². The van der Waals surface area contributed by atoms with E-state index in [0.29, 0.717) is 12.1 Å². The van der Waals surface area contributed by atoms with Crippen molar-refractivity contribution in [2.75, 3.05) is 32.8 Å². The summed E-state index contributed by atoms with van der Waals surface area (Å²) in [6, 6.07) is 10.0. The normalized spacial score (nSPS) is 28.1. The summed E-state index contributed by atoms with van der Waals surface area (Å²) in [5, 5.41) is 3.78. The van der Waals surface area contributed by atoms with Crippen LogP contribution in [-0.2, 0) is 4.74 Å². The van der Waals surface area contributed by atoms with Crippen LogP contribution in [0, 0.1) is 0 Å². The topological polar surface area (TPSA) is 24.5 Å². The lowest BCUT2D eigenvalue weighted by molar-refractivity contribution is 0.0330. The van der Waals surface area contributed by atoms with Crippen LogP contribution in [-0.4, -0.2) is 49.8 Å². The van der Waals surface area contributed by atoms with E-state index in [-0.39, 0.29) is 0 Å². The second-order valence-corrected chi connectivity index (χ2v) is 7.32. The van der Waals surface area contributed by atoms with Crippen molar-refractivity contribution in [1.29, 1.82) is 0 Å². The Balaban J connectivity index is 1.40. The first kappa shape index (κ1) is 15.5. The Morgan fingerprint density at radius 2 is 2.10 bits per heavy atom. The number of rotatable bonds is 5. The molecule has 0 spiro atoms. The Bertz CT molecular complexity index is 456. The predicted molar refractivity (Wildman–Crippen MR) is 89.8 cm³/mol. The molecule has 1 aromatic rings. The minimum Gasteiger partial charge on any atom is -0.379 e. The summed E-state index contributed by atoms with van der Waals surface area (Å²) < 4.78 is 6.59. The zero-order valence-corrected chi connectivity index (χ0v) is 14.3. The summed E-state index contributed by atoms with van der Waals surface area (Å²) in [6.07, 6.45) is 2.54. The number of nitrogens with zero attached hydrogens (tertiary/aromatic N) is 1. The third kappa shape index (κ3) is 4.28. The molecule has 1 heterocycles. The van der Waals surface area contributed by atoms with Crippen LogP contribution in [0.4, 0.5) is 0 Å². The van der Waals surface area contributed by atoms with Gasteiger partial charge in [0.05, 0.1) is 13.2 Å². The fourth-order valence-corrected chi connectivity index (χ4v) is 3.83. The van der Waals surface area contributed by atoms with E-state index in [9.17, 15) is 0 Å². The molecule has 3 nitrogen and oxygen atoms in total. The van der Waals surface area contributed by atoms with E-state index < -0.39 is 0 Å². The van der Waals surface area contributed by atoms with Crippen LogP contribution in [0.2, 0.25) is 0 Å². The minimum atomic E-state index is 0.566. The highest BCUT2D eigenvalue weighted by molar-refractivity contribution is 9.10. The van der Waals surface area contributed by atoms with Crippen LogP contribution in [0.15, 0.2) is 28.7 Å². The first-order chi connectivity index (χ1) is 10.2. The Labute approximate surface area is 136 Å². The van der Waals surface area contributed by atoms with Crippen LogP contribution in [0.1, 0.15) is 31.2 Å². The van der Waals surface area contributed by atoms with Gasteiger partial charge in [0, 0.05) is 36.2 Å². The number of hydrogen-bond acceptors (Lipinski definition) is 3. The SMILES string of the molecule is CC(CN1CCOCC1)NC1CC(c2cccc(Br)c2)C1. The molecule has 0 bridgehead atoms. The van der Waals surface area contributed by atoms with Crippen LogP contribution >= 0.6 is 15.9 Å². The van der Waals surface area contributed by atoms with E-state index in [4.69, 9.17) is 4.74 Å². The quantitative estimate of drug-likeness (QED) is 0.881. The van der Waals surface area contributed by atoms with Crippen molar-refractivity contribution in [2.45, 2.75) is 37.8 Å². The lowest BCUT2D eigenvalue weighted by Crippen LogP contribution is -2.50. The van der Waals surface area contributed by atoms with Gasteiger partial charge >= 0.3 is 0 Å². The molecule has 2 aliphatic rings. The van der Waals surface area contributed by atoms with Gasteiger partial charge in [-0.25, -0.2) is 0 Å². The van der Waals surface area contributed by atoms with Crippen molar-refractivity contribution in [3.63, 3.8) is 0 Å². The first-order valence-corrected chi connectivity index (χ1v) is 8.81. The summed E-state index contributed by atoms with van der Waals surface area (Å²) in [7, 11) is 0. The molecule has 2 fully saturated rings. The highest BCUT2D eigenvalue weighted by Gasteiger charge is 2.31. The molecule has 0 radical (unpaired) electrons. The maximum absolute atomic E-state index is 5.40. The van der Waals surface area contributed by atoms with Gasteiger partial charge in [0.1, 0.15) is 0 Å². The molecule has 1 aromatic carbocycles. The molecule has 1 aliphatic carbocycles. The molecular formula is C17H25BrN2O. The van der Waals surface area contributed by atoms with Crippen molar-refractivity contribution >= 4 is 15.9 Å². The maximum atomic E-state index is 5.40. The molecular weight excluding hydrogens is 328 g/mol. The number of ether oxygens (including phenoxy) is 1. The predicted octanol–water partition coefficient (Wildman–Crippen LogP) is 3.01. The number of morpholine rings is 1. The summed E-state index contributed by atoms with van der Waals surface area (Å²) in [6.45, 7) is 7.39. The largest absolute Gasteiger partial charge is 0.379 e. The van der Waals surface area contributed by atoms with Gasteiger partial charge in [-0.1, -0.05) is 28.1 Å². The number of nitrogens with one attached hydrogen (secondary N) is 1. The van der Waals surface area contributed by atoms with E-state index >= 15 is 0 Å². The minimum absolute atomic E-state index is 0.566. The van der Waals surface area contributed by atoms with Crippen molar-refractivity contribution < 1.29 is 4.74 Å². The van der Waals surface area contributed by atoms with Gasteiger partial charge in [0.2, 0.25) is 0 Å². The zero-order valence-electron chi connectivity index (χ0n) is 12.7. The molecule has 0 amide bonds. The maximum Gasteiger partial charge on any atom is 0.0594 e. The van der Waals surface area contributed by atoms with Gasteiger partial charge < -0.3 is 10.1 Å². The van der Waals surface area contributed by atoms with Gasteiger partial charge in [0.25, 0.3) is 0 Å². The van der Waals surface area contributed by atoms with Crippen molar-refractivity contribution in [3.05, 3.63) is 34.3 Å². The van der Waals surface area contributed by atoms with Crippen LogP contribution in [0.5, 0.6) is 0 Å².